The van der Waals surface area contributed by atoms with Gasteiger partial charge in [-0.3, -0.25) is 9.48 Å². The van der Waals surface area contributed by atoms with Crippen LogP contribution >= 0.6 is 0 Å². The summed E-state index contributed by atoms with van der Waals surface area (Å²) >= 11 is 0. The number of nitrogens with one attached hydrogen (secondary N) is 1. The second-order valence-electron chi connectivity index (χ2n) is 5.30. The predicted molar refractivity (Wildman–Crippen MR) is 71.0 cm³/mol. The highest BCUT2D eigenvalue weighted by Crippen LogP contribution is 2.08. The third kappa shape index (κ3) is 4.39. The van der Waals surface area contributed by atoms with Gasteiger partial charge in [0.05, 0.1) is 11.8 Å². The Balaban J connectivity index is 2.73. The molecule has 2 N–H and O–H groups in total. The Morgan fingerprint density at radius 2 is 2.00 bits per heavy atom. The molecular weight excluding hydrogens is 246 g/mol. The van der Waals surface area contributed by atoms with Crippen molar-refractivity contribution in [2.45, 2.75) is 46.2 Å². The summed E-state index contributed by atoms with van der Waals surface area (Å²) in [6.07, 6.45) is 3.47. The van der Waals surface area contributed by atoms with Crippen LogP contribution in [0.3, 0.4) is 0 Å². The van der Waals surface area contributed by atoms with Gasteiger partial charge in [-0.2, -0.15) is 5.10 Å². The van der Waals surface area contributed by atoms with E-state index in [1.807, 2.05) is 27.7 Å². The summed E-state index contributed by atoms with van der Waals surface area (Å²) in [5.41, 5.74) is 0.378. The highest BCUT2D eigenvalue weighted by atomic mass is 16.4. The third-order valence-electron chi connectivity index (χ3n) is 2.70. The molecule has 6 nitrogen and oxygen atoms in total. The lowest BCUT2D eigenvalue weighted by Crippen LogP contribution is -2.41. The molecule has 1 heterocycles. The number of rotatable bonds is 6. The number of aromatic nitrogens is 2. The first kappa shape index (κ1) is 15.2. The van der Waals surface area contributed by atoms with Crippen LogP contribution in [0.25, 0.3) is 0 Å². The van der Waals surface area contributed by atoms with Crippen molar-refractivity contribution in [2.75, 3.05) is 0 Å². The van der Waals surface area contributed by atoms with Gasteiger partial charge in [-0.25, -0.2) is 4.79 Å². The van der Waals surface area contributed by atoms with Gasteiger partial charge in [0.2, 0.25) is 0 Å². The third-order valence-corrected chi connectivity index (χ3v) is 2.70. The van der Waals surface area contributed by atoms with Gasteiger partial charge in [0, 0.05) is 12.2 Å². The van der Waals surface area contributed by atoms with Gasteiger partial charge < -0.3 is 10.4 Å². The van der Waals surface area contributed by atoms with E-state index >= 15 is 0 Å². The van der Waals surface area contributed by atoms with Gasteiger partial charge in [0.25, 0.3) is 5.91 Å². The molecule has 106 valence electrons. The van der Waals surface area contributed by atoms with Crippen LogP contribution in [-0.4, -0.2) is 32.8 Å². The Morgan fingerprint density at radius 1 is 1.37 bits per heavy atom. The number of nitrogens with zero attached hydrogens (tertiary/aromatic N) is 2. The molecule has 1 aromatic rings. The fourth-order valence-corrected chi connectivity index (χ4v) is 1.67. The molecule has 6 heteroatoms. The molecule has 0 bridgehead atoms. The molecule has 0 aliphatic carbocycles. The van der Waals surface area contributed by atoms with E-state index in [-0.39, 0.29) is 12.0 Å². The van der Waals surface area contributed by atoms with Gasteiger partial charge in [-0.15, -0.1) is 0 Å². The summed E-state index contributed by atoms with van der Waals surface area (Å²) in [6, 6.07) is -0.706. The van der Waals surface area contributed by atoms with Crippen molar-refractivity contribution in [2.24, 2.45) is 5.92 Å². The zero-order chi connectivity index (χ0) is 14.6. The lowest BCUT2D eigenvalue weighted by atomic mass is 10.0. The molecule has 1 aromatic heterocycles. The minimum atomic E-state index is -1.02. The number of carboxylic acid groups (broad SMARTS) is 1. The van der Waals surface area contributed by atoms with Gasteiger partial charge >= 0.3 is 5.97 Å². The topological polar surface area (TPSA) is 84.2 Å². The predicted octanol–water partition coefficient (Wildman–Crippen LogP) is 1.69. The first-order valence-corrected chi connectivity index (χ1v) is 6.39. The summed E-state index contributed by atoms with van der Waals surface area (Å²) in [6.45, 7) is 7.73. The molecule has 1 atom stereocenters. The molecule has 1 rings (SSSR count). The van der Waals surface area contributed by atoms with Crippen LogP contribution in [0.4, 0.5) is 0 Å². The van der Waals surface area contributed by atoms with Crippen LogP contribution in [-0.2, 0) is 4.79 Å². The van der Waals surface area contributed by atoms with Crippen molar-refractivity contribution < 1.29 is 14.7 Å². The van der Waals surface area contributed by atoms with Crippen LogP contribution in [0.5, 0.6) is 0 Å². The number of aliphatic carboxylic acids is 1. The van der Waals surface area contributed by atoms with Gasteiger partial charge in [-0.1, -0.05) is 13.8 Å². The standard InChI is InChI=1S/C13H21N3O3/c1-8(2)5-11(13(18)19)15-12(17)10-6-14-16(7-10)9(3)4/h6-9,11H,5H2,1-4H3,(H,15,17)(H,18,19)/t11-/m1/s1. The maximum Gasteiger partial charge on any atom is 0.326 e. The largest absolute Gasteiger partial charge is 0.480 e. The Kier molecular flexibility index (Phi) is 5.09. The average molecular weight is 267 g/mol. The number of amides is 1. The molecular formula is C13H21N3O3. The van der Waals surface area contributed by atoms with Crippen LogP contribution < -0.4 is 5.32 Å². The molecule has 0 unspecified atom stereocenters. The quantitative estimate of drug-likeness (QED) is 0.821. The number of carbonyl (C=O) groups excluding carboxylic acids is 1. The highest BCUT2D eigenvalue weighted by Gasteiger charge is 2.22. The highest BCUT2D eigenvalue weighted by molar-refractivity contribution is 5.96. The zero-order valence-corrected chi connectivity index (χ0v) is 11.8. The van der Waals surface area contributed by atoms with Crippen molar-refractivity contribution in [1.29, 1.82) is 0 Å². The average Bonchev–Trinajstić information content (AvgIpc) is 2.76. The van der Waals surface area contributed by atoms with E-state index in [0.717, 1.165) is 0 Å². The molecule has 0 radical (unpaired) electrons. The van der Waals surface area contributed by atoms with Gasteiger partial charge in [0.15, 0.2) is 0 Å². The fraction of sp³-hybridized carbons (Fsp3) is 0.615. The summed E-state index contributed by atoms with van der Waals surface area (Å²) in [5, 5.41) is 15.7. The van der Waals surface area contributed by atoms with Crippen molar-refractivity contribution >= 4 is 11.9 Å². The Labute approximate surface area is 112 Å². The van der Waals surface area contributed by atoms with Gasteiger partial charge in [0.1, 0.15) is 6.04 Å². The molecule has 0 aliphatic heterocycles. The summed E-state index contributed by atoms with van der Waals surface area (Å²) in [4.78, 5) is 23.0. The first-order chi connectivity index (χ1) is 8.81. The summed E-state index contributed by atoms with van der Waals surface area (Å²) in [7, 11) is 0. The molecule has 0 aromatic carbocycles. The summed E-state index contributed by atoms with van der Waals surface area (Å²) in [5.74, 6) is -1.22. The number of carbonyl (C=O) groups is 2. The molecule has 0 saturated heterocycles. The zero-order valence-electron chi connectivity index (χ0n) is 11.8. The van der Waals surface area contributed by atoms with Crippen LogP contribution in [0.2, 0.25) is 0 Å². The van der Waals surface area contributed by atoms with Crippen LogP contribution in [0.1, 0.15) is 50.5 Å². The Hall–Kier alpha value is -1.85. The molecule has 19 heavy (non-hydrogen) atoms. The minimum absolute atomic E-state index is 0.160. The summed E-state index contributed by atoms with van der Waals surface area (Å²) < 4.78 is 1.66. The Bertz CT molecular complexity index is 452. The van der Waals surface area contributed by atoms with Crippen molar-refractivity contribution in [1.82, 2.24) is 15.1 Å². The Morgan fingerprint density at radius 3 is 2.42 bits per heavy atom. The van der Waals surface area contributed by atoms with E-state index < -0.39 is 17.9 Å². The number of carboxylic acids is 1. The minimum Gasteiger partial charge on any atom is -0.480 e. The van der Waals surface area contributed by atoms with Crippen LogP contribution in [0, 0.1) is 5.92 Å². The fourth-order valence-electron chi connectivity index (χ4n) is 1.67. The first-order valence-electron chi connectivity index (χ1n) is 6.39. The van der Waals surface area contributed by atoms with E-state index in [1.54, 1.807) is 10.9 Å². The lowest BCUT2D eigenvalue weighted by Gasteiger charge is -2.15. The maximum atomic E-state index is 11.9. The van der Waals surface area contributed by atoms with Crippen molar-refractivity contribution in [3.05, 3.63) is 18.0 Å². The second-order valence-corrected chi connectivity index (χ2v) is 5.30. The van der Waals surface area contributed by atoms with E-state index in [4.69, 9.17) is 5.11 Å². The van der Waals surface area contributed by atoms with E-state index in [9.17, 15) is 9.59 Å². The van der Waals surface area contributed by atoms with Crippen molar-refractivity contribution in [3.63, 3.8) is 0 Å². The second kappa shape index (κ2) is 6.36. The lowest BCUT2D eigenvalue weighted by molar-refractivity contribution is -0.139. The molecule has 1 amide bonds. The normalized spacial score (nSPS) is 12.7. The number of hydrogen-bond acceptors (Lipinski definition) is 3. The molecule has 0 spiro atoms. The monoisotopic (exact) mass is 267 g/mol. The SMILES string of the molecule is CC(C)C[C@@H](NC(=O)c1cnn(C(C)C)c1)C(=O)O. The van der Waals surface area contributed by atoms with Crippen molar-refractivity contribution in [3.8, 4) is 0 Å². The van der Waals surface area contributed by atoms with E-state index in [0.29, 0.717) is 12.0 Å². The maximum absolute atomic E-state index is 11.9. The van der Waals surface area contributed by atoms with Crippen LogP contribution in [0.15, 0.2) is 12.4 Å². The smallest absolute Gasteiger partial charge is 0.326 e. The van der Waals surface area contributed by atoms with Gasteiger partial charge in [-0.05, 0) is 26.2 Å². The molecule has 0 fully saturated rings. The molecule has 0 saturated carbocycles. The van der Waals surface area contributed by atoms with E-state index in [1.165, 1.54) is 6.20 Å². The van der Waals surface area contributed by atoms with E-state index in [2.05, 4.69) is 10.4 Å². The number of hydrogen-bond donors (Lipinski definition) is 2. The molecule has 0 aliphatic rings.